The summed E-state index contributed by atoms with van der Waals surface area (Å²) in [7, 11) is 0. The molecule has 1 unspecified atom stereocenters. The first kappa shape index (κ1) is 14.7. The van der Waals surface area contributed by atoms with Crippen LogP contribution in [-0.2, 0) is 6.42 Å². The summed E-state index contributed by atoms with van der Waals surface area (Å²) in [6.07, 6.45) is 2.66. The zero-order valence-electron chi connectivity index (χ0n) is 12.3. The molecule has 1 atom stereocenters. The van der Waals surface area contributed by atoms with Gasteiger partial charge in [-0.05, 0) is 37.6 Å². The number of halogens is 1. The molecule has 0 spiro atoms. The molecule has 1 aromatic carbocycles. The van der Waals surface area contributed by atoms with Crippen LogP contribution >= 0.6 is 0 Å². The van der Waals surface area contributed by atoms with Gasteiger partial charge in [-0.25, -0.2) is 4.39 Å². The molecular weight excluding hydrogens is 251 g/mol. The van der Waals surface area contributed by atoms with Gasteiger partial charge in [0.2, 0.25) is 0 Å². The van der Waals surface area contributed by atoms with Gasteiger partial charge in [0.25, 0.3) is 0 Å². The summed E-state index contributed by atoms with van der Waals surface area (Å²) >= 11 is 0. The summed E-state index contributed by atoms with van der Waals surface area (Å²) in [5.74, 6) is -0.186. The summed E-state index contributed by atoms with van der Waals surface area (Å²) in [5, 5.41) is 3.36. The molecule has 0 aliphatic rings. The lowest BCUT2D eigenvalue weighted by atomic mass is 9.96. The standard InChI is InChI=1S/C17H21FN2/c1-4-13-7-6-10-20-16(13)17(19-5-2)14-11-12(3)8-9-15(14)18/h6-11,17,19H,4-5H2,1-3H3. The molecule has 0 aliphatic heterocycles. The molecule has 0 radical (unpaired) electrons. The smallest absolute Gasteiger partial charge is 0.128 e. The van der Waals surface area contributed by atoms with Crippen LogP contribution in [0.4, 0.5) is 4.39 Å². The molecule has 106 valence electrons. The Morgan fingerprint density at radius 2 is 2.05 bits per heavy atom. The summed E-state index contributed by atoms with van der Waals surface area (Å²) in [5.41, 5.74) is 3.79. The number of nitrogens with one attached hydrogen (secondary N) is 1. The predicted molar refractivity (Wildman–Crippen MR) is 80.3 cm³/mol. The van der Waals surface area contributed by atoms with Gasteiger partial charge in [0.15, 0.2) is 0 Å². The SMILES string of the molecule is CCNC(c1cc(C)ccc1F)c1ncccc1CC. The molecule has 0 saturated heterocycles. The van der Waals surface area contributed by atoms with E-state index < -0.39 is 0 Å². The maximum Gasteiger partial charge on any atom is 0.128 e. The van der Waals surface area contributed by atoms with Crippen LogP contribution in [0.15, 0.2) is 36.5 Å². The highest BCUT2D eigenvalue weighted by molar-refractivity contribution is 5.35. The number of nitrogens with zero attached hydrogens (tertiary/aromatic N) is 1. The summed E-state index contributed by atoms with van der Waals surface area (Å²) < 4.78 is 14.2. The van der Waals surface area contributed by atoms with E-state index in [0.29, 0.717) is 5.56 Å². The minimum Gasteiger partial charge on any atom is -0.305 e. The van der Waals surface area contributed by atoms with Crippen molar-refractivity contribution in [3.05, 3.63) is 64.7 Å². The maximum atomic E-state index is 14.2. The van der Waals surface area contributed by atoms with Gasteiger partial charge in [-0.15, -0.1) is 0 Å². The Balaban J connectivity index is 2.53. The van der Waals surface area contributed by atoms with Crippen molar-refractivity contribution in [2.75, 3.05) is 6.54 Å². The molecule has 20 heavy (non-hydrogen) atoms. The van der Waals surface area contributed by atoms with Crippen LogP contribution in [0.2, 0.25) is 0 Å². The number of pyridine rings is 1. The van der Waals surface area contributed by atoms with Gasteiger partial charge in [-0.3, -0.25) is 4.98 Å². The monoisotopic (exact) mass is 272 g/mol. The maximum absolute atomic E-state index is 14.2. The van der Waals surface area contributed by atoms with Crippen LogP contribution in [-0.4, -0.2) is 11.5 Å². The summed E-state index contributed by atoms with van der Waals surface area (Å²) in [6.45, 7) is 6.86. The molecule has 2 aromatic rings. The van der Waals surface area contributed by atoms with Crippen molar-refractivity contribution in [1.82, 2.24) is 10.3 Å². The number of benzene rings is 1. The molecule has 2 nitrogen and oxygen atoms in total. The van der Waals surface area contributed by atoms with Crippen LogP contribution in [0.3, 0.4) is 0 Å². The second-order valence-corrected chi connectivity index (χ2v) is 4.92. The molecule has 2 rings (SSSR count). The van der Waals surface area contributed by atoms with Crippen LogP contribution < -0.4 is 5.32 Å². The fourth-order valence-electron chi connectivity index (χ4n) is 2.45. The van der Waals surface area contributed by atoms with Crippen molar-refractivity contribution >= 4 is 0 Å². The van der Waals surface area contributed by atoms with Crippen molar-refractivity contribution in [3.63, 3.8) is 0 Å². The second kappa shape index (κ2) is 6.62. The lowest BCUT2D eigenvalue weighted by Gasteiger charge is -2.21. The van der Waals surface area contributed by atoms with Crippen molar-refractivity contribution < 1.29 is 4.39 Å². The van der Waals surface area contributed by atoms with Gasteiger partial charge in [0, 0.05) is 11.8 Å². The quantitative estimate of drug-likeness (QED) is 0.895. The summed E-state index contributed by atoms with van der Waals surface area (Å²) in [6, 6.07) is 9.01. The Labute approximate surface area is 120 Å². The van der Waals surface area contributed by atoms with E-state index in [0.717, 1.165) is 29.8 Å². The van der Waals surface area contributed by atoms with Gasteiger partial charge in [-0.2, -0.15) is 0 Å². The molecule has 0 saturated carbocycles. The average Bonchev–Trinajstić information content (AvgIpc) is 2.47. The lowest BCUT2D eigenvalue weighted by Crippen LogP contribution is -2.25. The average molecular weight is 272 g/mol. The molecule has 0 fully saturated rings. The van der Waals surface area contributed by atoms with Gasteiger partial charge < -0.3 is 5.32 Å². The van der Waals surface area contributed by atoms with E-state index in [1.54, 1.807) is 12.3 Å². The Kier molecular flexibility index (Phi) is 4.85. The van der Waals surface area contributed by atoms with Gasteiger partial charge in [0.1, 0.15) is 5.82 Å². The first-order valence-electron chi connectivity index (χ1n) is 7.10. The van der Waals surface area contributed by atoms with Crippen LogP contribution in [0.1, 0.15) is 42.3 Å². The minimum absolute atomic E-state index is 0.186. The fourth-order valence-corrected chi connectivity index (χ4v) is 2.45. The zero-order chi connectivity index (χ0) is 14.5. The Hall–Kier alpha value is -1.74. The first-order chi connectivity index (χ1) is 9.67. The number of rotatable bonds is 5. The lowest BCUT2D eigenvalue weighted by molar-refractivity contribution is 0.548. The van der Waals surface area contributed by atoms with Crippen LogP contribution in [0.25, 0.3) is 0 Å². The molecule has 1 N–H and O–H groups in total. The topological polar surface area (TPSA) is 24.9 Å². The first-order valence-corrected chi connectivity index (χ1v) is 7.10. The number of aromatic nitrogens is 1. The third kappa shape index (κ3) is 3.05. The molecular formula is C17H21FN2. The number of aryl methyl sites for hydroxylation is 2. The van der Waals surface area contributed by atoms with E-state index in [1.165, 1.54) is 6.07 Å². The second-order valence-electron chi connectivity index (χ2n) is 4.92. The molecule has 0 aliphatic carbocycles. The third-order valence-electron chi connectivity index (χ3n) is 3.45. The molecule has 0 amide bonds. The minimum atomic E-state index is -0.198. The Morgan fingerprint density at radius 3 is 2.75 bits per heavy atom. The largest absolute Gasteiger partial charge is 0.305 e. The summed E-state index contributed by atoms with van der Waals surface area (Å²) in [4.78, 5) is 4.49. The van der Waals surface area contributed by atoms with Crippen molar-refractivity contribution in [2.45, 2.75) is 33.2 Å². The normalized spacial score (nSPS) is 12.4. The highest BCUT2D eigenvalue weighted by Gasteiger charge is 2.20. The van der Waals surface area contributed by atoms with Crippen molar-refractivity contribution in [2.24, 2.45) is 0 Å². The van der Waals surface area contributed by atoms with Crippen molar-refractivity contribution in [1.29, 1.82) is 0 Å². The predicted octanol–water partition coefficient (Wildman–Crippen LogP) is 3.79. The Morgan fingerprint density at radius 1 is 1.25 bits per heavy atom. The van der Waals surface area contributed by atoms with Crippen LogP contribution in [0, 0.1) is 12.7 Å². The van der Waals surface area contributed by atoms with E-state index in [9.17, 15) is 4.39 Å². The number of hydrogen-bond acceptors (Lipinski definition) is 2. The van der Waals surface area contributed by atoms with E-state index in [-0.39, 0.29) is 11.9 Å². The van der Waals surface area contributed by atoms with Crippen molar-refractivity contribution in [3.8, 4) is 0 Å². The van der Waals surface area contributed by atoms with E-state index in [1.807, 2.05) is 26.0 Å². The fraction of sp³-hybridized carbons (Fsp3) is 0.353. The molecule has 0 bridgehead atoms. The number of hydrogen-bond donors (Lipinski definition) is 1. The zero-order valence-corrected chi connectivity index (χ0v) is 12.3. The molecule has 1 aromatic heterocycles. The molecule has 3 heteroatoms. The van der Waals surface area contributed by atoms with Gasteiger partial charge in [0.05, 0.1) is 11.7 Å². The highest BCUT2D eigenvalue weighted by atomic mass is 19.1. The van der Waals surface area contributed by atoms with Gasteiger partial charge >= 0.3 is 0 Å². The highest BCUT2D eigenvalue weighted by Crippen LogP contribution is 2.26. The van der Waals surface area contributed by atoms with E-state index in [2.05, 4.69) is 23.3 Å². The van der Waals surface area contributed by atoms with Crippen LogP contribution in [0.5, 0.6) is 0 Å². The van der Waals surface area contributed by atoms with E-state index >= 15 is 0 Å². The third-order valence-corrected chi connectivity index (χ3v) is 3.45. The Bertz CT molecular complexity index is 581. The molecule has 1 heterocycles. The van der Waals surface area contributed by atoms with E-state index in [4.69, 9.17) is 0 Å². The van der Waals surface area contributed by atoms with Gasteiger partial charge in [-0.1, -0.05) is 37.6 Å².